The lowest BCUT2D eigenvalue weighted by Crippen LogP contribution is -2.40. The summed E-state index contributed by atoms with van der Waals surface area (Å²) in [7, 11) is 2.07. The second-order valence-corrected chi connectivity index (χ2v) is 5.75. The van der Waals surface area contributed by atoms with Crippen molar-refractivity contribution in [1.29, 1.82) is 0 Å². The number of carbonyl (C=O) groups excluding carboxylic acids is 1. The lowest BCUT2D eigenvalue weighted by Gasteiger charge is -2.18. The molecule has 4 nitrogen and oxygen atoms in total. The normalized spacial score (nSPS) is 23.1. The highest BCUT2D eigenvalue weighted by molar-refractivity contribution is 7.99. The summed E-state index contributed by atoms with van der Waals surface area (Å²) in [6.07, 6.45) is 1.94. The minimum Gasteiger partial charge on any atom is -0.466 e. The Kier molecular flexibility index (Phi) is 6.23. The van der Waals surface area contributed by atoms with Gasteiger partial charge in [-0.1, -0.05) is 0 Å². The van der Waals surface area contributed by atoms with Crippen LogP contribution in [0.5, 0.6) is 0 Å². The van der Waals surface area contributed by atoms with E-state index in [4.69, 9.17) is 4.42 Å². The SMILES string of the molecule is CSCC(=O)N[C@H]1CN(C)C[C@@H]1c1ccc(C)o1.Cl. The van der Waals surface area contributed by atoms with Crippen molar-refractivity contribution in [2.75, 3.05) is 32.1 Å². The van der Waals surface area contributed by atoms with Crippen LogP contribution in [0.3, 0.4) is 0 Å². The van der Waals surface area contributed by atoms with Crippen LogP contribution >= 0.6 is 24.2 Å². The number of carbonyl (C=O) groups is 1. The summed E-state index contributed by atoms with van der Waals surface area (Å²) in [5.74, 6) is 2.79. The number of likely N-dealkylation sites (tertiary alicyclic amines) is 1. The van der Waals surface area contributed by atoms with Gasteiger partial charge in [0.1, 0.15) is 11.5 Å². The highest BCUT2D eigenvalue weighted by Crippen LogP contribution is 2.28. The molecule has 1 aliphatic rings. The fourth-order valence-electron chi connectivity index (χ4n) is 2.47. The molecule has 1 N–H and O–H groups in total. The summed E-state index contributed by atoms with van der Waals surface area (Å²) in [6, 6.07) is 4.15. The van der Waals surface area contributed by atoms with Gasteiger partial charge in [-0.05, 0) is 32.4 Å². The van der Waals surface area contributed by atoms with Gasteiger partial charge < -0.3 is 14.6 Å². The molecule has 0 saturated carbocycles. The van der Waals surface area contributed by atoms with Crippen LogP contribution in [0.25, 0.3) is 0 Å². The number of likely N-dealkylation sites (N-methyl/N-ethyl adjacent to an activating group) is 1. The number of furan rings is 1. The van der Waals surface area contributed by atoms with Crippen LogP contribution in [0.15, 0.2) is 16.5 Å². The van der Waals surface area contributed by atoms with Gasteiger partial charge in [0.15, 0.2) is 0 Å². The average Bonchev–Trinajstić information content (AvgIpc) is 2.85. The average molecular weight is 305 g/mol. The van der Waals surface area contributed by atoms with Gasteiger partial charge in [-0.3, -0.25) is 4.79 Å². The van der Waals surface area contributed by atoms with E-state index < -0.39 is 0 Å². The number of halogens is 1. The zero-order valence-corrected chi connectivity index (χ0v) is 13.1. The van der Waals surface area contributed by atoms with E-state index in [0.717, 1.165) is 24.6 Å². The van der Waals surface area contributed by atoms with Gasteiger partial charge in [-0.25, -0.2) is 0 Å². The van der Waals surface area contributed by atoms with Crippen molar-refractivity contribution in [2.24, 2.45) is 0 Å². The van der Waals surface area contributed by atoms with Gasteiger partial charge in [0.2, 0.25) is 5.91 Å². The maximum absolute atomic E-state index is 11.7. The zero-order chi connectivity index (χ0) is 13.1. The van der Waals surface area contributed by atoms with Crippen LogP contribution in [-0.2, 0) is 4.79 Å². The van der Waals surface area contributed by atoms with E-state index in [2.05, 4.69) is 17.3 Å². The maximum atomic E-state index is 11.7. The molecule has 0 aliphatic carbocycles. The number of rotatable bonds is 4. The fraction of sp³-hybridized carbons (Fsp3) is 0.615. The molecule has 0 spiro atoms. The summed E-state index contributed by atoms with van der Waals surface area (Å²) < 4.78 is 5.70. The van der Waals surface area contributed by atoms with E-state index in [1.807, 2.05) is 25.3 Å². The van der Waals surface area contributed by atoms with E-state index in [0.29, 0.717) is 5.75 Å². The maximum Gasteiger partial charge on any atom is 0.230 e. The number of hydrogen-bond donors (Lipinski definition) is 1. The predicted molar refractivity (Wildman–Crippen MR) is 81.2 cm³/mol. The van der Waals surface area contributed by atoms with E-state index in [-0.39, 0.29) is 30.3 Å². The van der Waals surface area contributed by atoms with Gasteiger partial charge in [0.25, 0.3) is 0 Å². The minimum absolute atomic E-state index is 0. The lowest BCUT2D eigenvalue weighted by molar-refractivity contribution is -0.119. The summed E-state index contributed by atoms with van der Waals surface area (Å²) in [4.78, 5) is 13.9. The molecule has 1 aromatic heterocycles. The summed E-state index contributed by atoms with van der Waals surface area (Å²) in [5.41, 5.74) is 0. The van der Waals surface area contributed by atoms with Crippen molar-refractivity contribution < 1.29 is 9.21 Å². The van der Waals surface area contributed by atoms with Crippen LogP contribution in [-0.4, -0.2) is 49.0 Å². The van der Waals surface area contributed by atoms with Gasteiger partial charge in [0.05, 0.1) is 17.7 Å². The van der Waals surface area contributed by atoms with E-state index in [1.165, 1.54) is 0 Å². The number of hydrogen-bond acceptors (Lipinski definition) is 4. The standard InChI is InChI=1S/C13H20N2O2S.ClH/c1-9-4-5-12(17-9)10-6-15(2)7-11(10)14-13(16)8-18-3;/h4-5,10-11H,6-8H2,1-3H3,(H,14,16);1H/t10-,11-;/m0./s1. The predicted octanol–water partition coefficient (Wildman–Crippen LogP) is 1.89. The molecule has 0 aromatic carbocycles. The molecule has 6 heteroatoms. The van der Waals surface area contributed by atoms with E-state index >= 15 is 0 Å². The van der Waals surface area contributed by atoms with Crippen LogP contribution in [0.1, 0.15) is 17.4 Å². The highest BCUT2D eigenvalue weighted by Gasteiger charge is 2.34. The Balaban J connectivity index is 0.00000180. The highest BCUT2D eigenvalue weighted by atomic mass is 35.5. The quantitative estimate of drug-likeness (QED) is 0.923. The Morgan fingerprint density at radius 3 is 2.84 bits per heavy atom. The van der Waals surface area contributed by atoms with E-state index in [1.54, 1.807) is 11.8 Å². The Hall–Kier alpha value is -0.650. The van der Waals surface area contributed by atoms with Crippen LogP contribution in [0, 0.1) is 6.92 Å². The number of nitrogens with zero attached hydrogens (tertiary/aromatic N) is 1. The number of amides is 1. The topological polar surface area (TPSA) is 45.5 Å². The van der Waals surface area contributed by atoms with Gasteiger partial charge in [0, 0.05) is 13.1 Å². The van der Waals surface area contributed by atoms with Crippen molar-refractivity contribution in [2.45, 2.75) is 18.9 Å². The third-order valence-electron chi connectivity index (χ3n) is 3.25. The molecule has 0 bridgehead atoms. The third-order valence-corrected chi connectivity index (χ3v) is 3.80. The zero-order valence-electron chi connectivity index (χ0n) is 11.5. The molecule has 1 amide bonds. The molecular formula is C13H21ClN2O2S. The molecule has 2 atom stereocenters. The first-order valence-electron chi connectivity index (χ1n) is 6.13. The molecule has 1 aromatic rings. The molecule has 2 heterocycles. The molecule has 1 fully saturated rings. The first-order valence-corrected chi connectivity index (χ1v) is 7.52. The van der Waals surface area contributed by atoms with Crippen molar-refractivity contribution in [3.05, 3.63) is 23.7 Å². The van der Waals surface area contributed by atoms with Gasteiger partial charge in [-0.15, -0.1) is 12.4 Å². The van der Waals surface area contributed by atoms with Crippen LogP contribution in [0.4, 0.5) is 0 Å². The molecule has 2 rings (SSSR count). The smallest absolute Gasteiger partial charge is 0.230 e. The minimum atomic E-state index is 0. The van der Waals surface area contributed by atoms with Gasteiger partial charge >= 0.3 is 0 Å². The number of nitrogens with one attached hydrogen (secondary N) is 1. The van der Waals surface area contributed by atoms with Gasteiger partial charge in [-0.2, -0.15) is 11.8 Å². The Bertz CT molecular complexity index is 425. The van der Waals surface area contributed by atoms with Crippen molar-refractivity contribution in [1.82, 2.24) is 10.2 Å². The molecule has 19 heavy (non-hydrogen) atoms. The fourth-order valence-corrected chi connectivity index (χ4v) is 2.81. The monoisotopic (exact) mass is 304 g/mol. The Labute approximate surface area is 124 Å². The van der Waals surface area contributed by atoms with Crippen LogP contribution in [0.2, 0.25) is 0 Å². The van der Waals surface area contributed by atoms with Crippen molar-refractivity contribution in [3.8, 4) is 0 Å². The Morgan fingerprint density at radius 2 is 2.26 bits per heavy atom. The lowest BCUT2D eigenvalue weighted by atomic mass is 10.0. The molecule has 0 unspecified atom stereocenters. The third kappa shape index (κ3) is 4.16. The molecule has 1 saturated heterocycles. The first kappa shape index (κ1) is 16.4. The van der Waals surface area contributed by atoms with Crippen molar-refractivity contribution >= 4 is 30.1 Å². The Morgan fingerprint density at radius 1 is 1.53 bits per heavy atom. The number of aryl methyl sites for hydroxylation is 1. The molecule has 108 valence electrons. The number of thioether (sulfide) groups is 1. The second-order valence-electron chi connectivity index (χ2n) is 4.88. The second kappa shape index (κ2) is 7.22. The molecule has 1 aliphatic heterocycles. The molecule has 0 radical (unpaired) electrons. The first-order chi connectivity index (χ1) is 8.60. The summed E-state index contributed by atoms with van der Waals surface area (Å²) in [5, 5.41) is 3.11. The summed E-state index contributed by atoms with van der Waals surface area (Å²) >= 11 is 1.55. The van der Waals surface area contributed by atoms with Crippen molar-refractivity contribution in [3.63, 3.8) is 0 Å². The van der Waals surface area contributed by atoms with Crippen LogP contribution < -0.4 is 5.32 Å². The molecular weight excluding hydrogens is 284 g/mol. The largest absolute Gasteiger partial charge is 0.466 e. The van der Waals surface area contributed by atoms with E-state index in [9.17, 15) is 4.79 Å². The summed E-state index contributed by atoms with van der Waals surface area (Å²) in [6.45, 7) is 3.76.